The van der Waals surface area contributed by atoms with E-state index < -0.39 is 12.0 Å². The number of fused-ring (bicyclic) bond motifs is 1. The van der Waals surface area contributed by atoms with Gasteiger partial charge >= 0.3 is 0 Å². The Balaban J connectivity index is 2.00. The second-order valence-electron chi connectivity index (χ2n) is 5.32. The molecule has 0 radical (unpaired) electrons. The maximum atomic E-state index is 12.1. The van der Waals surface area contributed by atoms with Crippen LogP contribution in [0.1, 0.15) is 17.0 Å². The standard InChI is InChI=1S/C17H16ClNO3/c1-22-13-5-2-10(3-6-13)14-9-11-8-12(18)4-7-15(11)19-17(21)16(14)20/h2-8,14,16,20H,9H2,1H3,(H,19,21). The van der Waals surface area contributed by atoms with Gasteiger partial charge in [0.15, 0.2) is 0 Å². The molecule has 2 atom stereocenters. The van der Waals surface area contributed by atoms with E-state index in [1.165, 1.54) is 0 Å². The normalized spacial score (nSPS) is 20.8. The number of rotatable bonds is 2. The highest BCUT2D eigenvalue weighted by Gasteiger charge is 2.32. The van der Waals surface area contributed by atoms with Gasteiger partial charge in [-0.3, -0.25) is 4.79 Å². The number of carbonyl (C=O) groups excluding carboxylic acids is 1. The van der Waals surface area contributed by atoms with E-state index in [1.807, 2.05) is 30.3 Å². The van der Waals surface area contributed by atoms with Crippen LogP contribution in [0.5, 0.6) is 5.75 Å². The number of anilines is 1. The van der Waals surface area contributed by atoms with Crippen LogP contribution >= 0.6 is 11.6 Å². The van der Waals surface area contributed by atoms with E-state index in [2.05, 4.69) is 5.32 Å². The fraction of sp³-hybridized carbons (Fsp3) is 0.235. The highest BCUT2D eigenvalue weighted by Crippen LogP contribution is 2.33. The van der Waals surface area contributed by atoms with Crippen LogP contribution in [0.25, 0.3) is 0 Å². The lowest BCUT2D eigenvalue weighted by Gasteiger charge is -2.19. The SMILES string of the molecule is COc1ccc(C2Cc3cc(Cl)ccc3NC(=O)C2O)cc1. The molecule has 3 rings (SSSR count). The van der Waals surface area contributed by atoms with Crippen molar-refractivity contribution in [1.29, 1.82) is 0 Å². The number of hydrogen-bond acceptors (Lipinski definition) is 3. The van der Waals surface area contributed by atoms with Crippen LogP contribution in [0.3, 0.4) is 0 Å². The Morgan fingerprint density at radius 3 is 2.64 bits per heavy atom. The lowest BCUT2D eigenvalue weighted by Crippen LogP contribution is -2.31. The molecule has 114 valence electrons. The monoisotopic (exact) mass is 317 g/mol. The summed E-state index contributed by atoms with van der Waals surface area (Å²) in [6, 6.07) is 12.7. The van der Waals surface area contributed by atoms with Crippen molar-refractivity contribution in [2.75, 3.05) is 12.4 Å². The van der Waals surface area contributed by atoms with Crippen molar-refractivity contribution in [2.45, 2.75) is 18.4 Å². The molecule has 0 aromatic heterocycles. The summed E-state index contributed by atoms with van der Waals surface area (Å²) >= 11 is 6.04. The zero-order chi connectivity index (χ0) is 15.7. The van der Waals surface area contributed by atoms with Crippen LogP contribution in [-0.4, -0.2) is 24.2 Å². The molecule has 5 heteroatoms. The average Bonchev–Trinajstić information content (AvgIpc) is 2.65. The number of halogens is 1. The third-order valence-electron chi connectivity index (χ3n) is 3.96. The minimum absolute atomic E-state index is 0.328. The fourth-order valence-corrected chi connectivity index (χ4v) is 2.94. The molecule has 0 fully saturated rings. The number of benzene rings is 2. The van der Waals surface area contributed by atoms with Crippen LogP contribution in [0.15, 0.2) is 42.5 Å². The quantitative estimate of drug-likeness (QED) is 0.895. The molecular weight excluding hydrogens is 302 g/mol. The number of ether oxygens (including phenoxy) is 1. The topological polar surface area (TPSA) is 58.6 Å². The van der Waals surface area contributed by atoms with Gasteiger partial charge in [0.25, 0.3) is 5.91 Å². The Morgan fingerprint density at radius 1 is 1.23 bits per heavy atom. The molecule has 2 aromatic rings. The van der Waals surface area contributed by atoms with Crippen LogP contribution in [-0.2, 0) is 11.2 Å². The number of nitrogens with one attached hydrogen (secondary N) is 1. The average molecular weight is 318 g/mol. The molecule has 0 saturated heterocycles. The molecule has 0 aliphatic carbocycles. The van der Waals surface area contributed by atoms with E-state index in [9.17, 15) is 9.90 Å². The van der Waals surface area contributed by atoms with E-state index in [-0.39, 0.29) is 5.92 Å². The van der Waals surface area contributed by atoms with Crippen molar-refractivity contribution in [1.82, 2.24) is 0 Å². The summed E-state index contributed by atoms with van der Waals surface area (Å²) in [6.45, 7) is 0. The number of hydrogen-bond donors (Lipinski definition) is 2. The molecule has 0 spiro atoms. The second kappa shape index (κ2) is 5.99. The molecule has 0 saturated carbocycles. The van der Waals surface area contributed by atoms with Crippen LogP contribution in [0, 0.1) is 0 Å². The Hall–Kier alpha value is -2.04. The molecule has 4 nitrogen and oxygen atoms in total. The van der Waals surface area contributed by atoms with E-state index in [0.717, 1.165) is 16.9 Å². The minimum Gasteiger partial charge on any atom is -0.497 e. The van der Waals surface area contributed by atoms with Gasteiger partial charge in [0.2, 0.25) is 0 Å². The largest absolute Gasteiger partial charge is 0.497 e. The first-order chi connectivity index (χ1) is 10.6. The van der Waals surface area contributed by atoms with Crippen molar-refractivity contribution in [3.05, 3.63) is 58.6 Å². The van der Waals surface area contributed by atoms with Crippen molar-refractivity contribution in [3.63, 3.8) is 0 Å². The summed E-state index contributed by atoms with van der Waals surface area (Å²) in [7, 11) is 1.60. The Labute approximate surface area is 133 Å². The maximum Gasteiger partial charge on any atom is 0.253 e. The summed E-state index contributed by atoms with van der Waals surface area (Å²) in [6.07, 6.45) is -0.582. The van der Waals surface area contributed by atoms with Gasteiger partial charge in [0.1, 0.15) is 11.9 Å². The van der Waals surface area contributed by atoms with Crippen LogP contribution in [0.4, 0.5) is 5.69 Å². The van der Waals surface area contributed by atoms with Gasteiger partial charge in [-0.05, 0) is 47.9 Å². The second-order valence-corrected chi connectivity index (χ2v) is 5.76. The van der Waals surface area contributed by atoms with Gasteiger partial charge in [0, 0.05) is 16.6 Å². The maximum absolute atomic E-state index is 12.1. The number of amides is 1. The first-order valence-corrected chi connectivity index (χ1v) is 7.37. The Kier molecular flexibility index (Phi) is 4.05. The zero-order valence-electron chi connectivity index (χ0n) is 12.0. The van der Waals surface area contributed by atoms with Gasteiger partial charge < -0.3 is 15.2 Å². The molecule has 1 heterocycles. The van der Waals surface area contributed by atoms with E-state index in [1.54, 1.807) is 19.2 Å². The molecule has 2 N–H and O–H groups in total. The third kappa shape index (κ3) is 2.80. The van der Waals surface area contributed by atoms with Crippen LogP contribution < -0.4 is 10.1 Å². The molecule has 22 heavy (non-hydrogen) atoms. The molecule has 0 bridgehead atoms. The van der Waals surface area contributed by atoms with Gasteiger partial charge in [-0.1, -0.05) is 23.7 Å². The Bertz CT molecular complexity index is 700. The van der Waals surface area contributed by atoms with E-state index in [0.29, 0.717) is 17.1 Å². The predicted molar refractivity (Wildman–Crippen MR) is 85.5 cm³/mol. The lowest BCUT2D eigenvalue weighted by atomic mass is 9.88. The van der Waals surface area contributed by atoms with Gasteiger partial charge in [-0.2, -0.15) is 0 Å². The first-order valence-electron chi connectivity index (χ1n) is 7.00. The molecule has 2 aromatic carbocycles. The predicted octanol–water partition coefficient (Wildman–Crippen LogP) is 2.99. The van der Waals surface area contributed by atoms with Crippen LogP contribution in [0.2, 0.25) is 5.02 Å². The molecule has 1 aliphatic rings. The molecule has 1 aliphatic heterocycles. The summed E-state index contributed by atoms with van der Waals surface area (Å²) < 4.78 is 5.14. The number of aliphatic hydroxyl groups is 1. The lowest BCUT2D eigenvalue weighted by molar-refractivity contribution is -0.124. The zero-order valence-corrected chi connectivity index (χ0v) is 12.8. The van der Waals surface area contributed by atoms with Crippen molar-refractivity contribution >= 4 is 23.2 Å². The molecular formula is C17H16ClNO3. The van der Waals surface area contributed by atoms with Gasteiger partial charge in [-0.25, -0.2) is 0 Å². The molecule has 2 unspecified atom stereocenters. The summed E-state index contributed by atoms with van der Waals surface area (Å²) in [4.78, 5) is 12.1. The number of methoxy groups -OCH3 is 1. The highest BCUT2D eigenvalue weighted by atomic mass is 35.5. The van der Waals surface area contributed by atoms with Crippen molar-refractivity contribution < 1.29 is 14.6 Å². The first kappa shape index (κ1) is 14.9. The Morgan fingerprint density at radius 2 is 1.95 bits per heavy atom. The number of carbonyl (C=O) groups is 1. The minimum atomic E-state index is -1.11. The summed E-state index contributed by atoms with van der Waals surface area (Å²) in [5.74, 6) is 0.00673. The fourth-order valence-electron chi connectivity index (χ4n) is 2.74. The van der Waals surface area contributed by atoms with Crippen molar-refractivity contribution in [3.8, 4) is 5.75 Å². The van der Waals surface area contributed by atoms with E-state index >= 15 is 0 Å². The van der Waals surface area contributed by atoms with Gasteiger partial charge in [-0.15, -0.1) is 0 Å². The smallest absolute Gasteiger partial charge is 0.253 e. The number of aliphatic hydroxyl groups excluding tert-OH is 1. The summed E-state index contributed by atoms with van der Waals surface area (Å²) in [5.41, 5.74) is 2.50. The van der Waals surface area contributed by atoms with E-state index in [4.69, 9.17) is 16.3 Å². The third-order valence-corrected chi connectivity index (χ3v) is 4.19. The highest BCUT2D eigenvalue weighted by molar-refractivity contribution is 6.30. The van der Waals surface area contributed by atoms with Gasteiger partial charge in [0.05, 0.1) is 7.11 Å². The molecule has 1 amide bonds. The summed E-state index contributed by atoms with van der Waals surface area (Å²) in [5, 5.41) is 13.7. The van der Waals surface area contributed by atoms with Crippen molar-refractivity contribution in [2.24, 2.45) is 0 Å².